The van der Waals surface area contributed by atoms with Crippen LogP contribution in [0.1, 0.15) is 11.0 Å². The second kappa shape index (κ2) is 5.53. The minimum atomic E-state index is 0.191. The smallest absolute Gasteiger partial charge is 0.154 e. The molecule has 1 aliphatic rings. The molecule has 4 rings (SSSR count). The molecule has 0 aliphatic carbocycles. The lowest BCUT2D eigenvalue weighted by Crippen LogP contribution is -2.34. The molecule has 1 aromatic carbocycles. The van der Waals surface area contributed by atoms with E-state index in [-0.39, 0.29) is 6.04 Å². The summed E-state index contributed by atoms with van der Waals surface area (Å²) in [4.78, 5) is 4.69. The first-order chi connectivity index (χ1) is 10.3. The summed E-state index contributed by atoms with van der Waals surface area (Å²) in [5.41, 5.74) is 1.76. The van der Waals surface area contributed by atoms with Gasteiger partial charge in [-0.1, -0.05) is 15.9 Å². The number of nitrogens with one attached hydrogen (secondary N) is 1. The number of halogens is 1. The molecule has 6 heteroatoms. The van der Waals surface area contributed by atoms with Crippen LogP contribution in [0, 0.1) is 0 Å². The minimum absolute atomic E-state index is 0.191. The van der Waals surface area contributed by atoms with E-state index >= 15 is 0 Å². The molecule has 1 atom stereocenters. The zero-order chi connectivity index (χ0) is 14.2. The maximum absolute atomic E-state index is 5.88. The summed E-state index contributed by atoms with van der Waals surface area (Å²) in [7, 11) is 0. The lowest BCUT2D eigenvalue weighted by Gasteiger charge is -2.21. The molecular weight excluding hydrogens is 352 g/mol. The molecule has 21 heavy (non-hydrogen) atoms. The van der Waals surface area contributed by atoms with Crippen molar-refractivity contribution in [3.8, 4) is 11.5 Å². The molecule has 0 bridgehead atoms. The average molecular weight is 365 g/mol. The lowest BCUT2D eigenvalue weighted by molar-refractivity contribution is 0.0768. The highest BCUT2D eigenvalue weighted by molar-refractivity contribution is 9.10. The summed E-state index contributed by atoms with van der Waals surface area (Å²) < 4.78 is 12.4. The van der Waals surface area contributed by atoms with Crippen LogP contribution in [0.5, 0.6) is 0 Å². The summed E-state index contributed by atoms with van der Waals surface area (Å²) in [5.74, 6) is 0.808. The van der Waals surface area contributed by atoms with Gasteiger partial charge in [0.25, 0.3) is 0 Å². The standard InChI is InChI=1S/C15H13BrN2O2S/c16-10-1-2-13-9(5-10)6-14(20-13)12-8-21-15(18-12)11-7-19-4-3-17-11/h1-2,5-6,8,11,17H,3-4,7H2. The van der Waals surface area contributed by atoms with Crippen LogP contribution in [0.4, 0.5) is 0 Å². The molecule has 1 fully saturated rings. The van der Waals surface area contributed by atoms with Gasteiger partial charge in [-0.25, -0.2) is 4.98 Å². The van der Waals surface area contributed by atoms with Crippen molar-refractivity contribution in [2.24, 2.45) is 0 Å². The van der Waals surface area contributed by atoms with E-state index in [1.807, 2.05) is 29.6 Å². The van der Waals surface area contributed by atoms with E-state index in [1.54, 1.807) is 11.3 Å². The van der Waals surface area contributed by atoms with Crippen molar-refractivity contribution in [2.45, 2.75) is 6.04 Å². The number of benzene rings is 1. The fourth-order valence-electron chi connectivity index (χ4n) is 2.43. The molecule has 0 radical (unpaired) electrons. The molecule has 0 spiro atoms. The van der Waals surface area contributed by atoms with Crippen molar-refractivity contribution in [2.75, 3.05) is 19.8 Å². The van der Waals surface area contributed by atoms with Crippen molar-refractivity contribution in [1.82, 2.24) is 10.3 Å². The summed E-state index contributed by atoms with van der Waals surface area (Å²) in [6.07, 6.45) is 0. The number of rotatable bonds is 2. The number of morpholine rings is 1. The highest BCUT2D eigenvalue weighted by Gasteiger charge is 2.20. The van der Waals surface area contributed by atoms with Gasteiger partial charge in [0.1, 0.15) is 16.3 Å². The number of aromatic nitrogens is 1. The maximum Gasteiger partial charge on any atom is 0.154 e. The van der Waals surface area contributed by atoms with E-state index in [0.29, 0.717) is 6.61 Å². The molecule has 1 unspecified atom stereocenters. The molecule has 1 N–H and O–H groups in total. The Morgan fingerprint density at radius 3 is 3.14 bits per heavy atom. The highest BCUT2D eigenvalue weighted by atomic mass is 79.9. The Bertz CT molecular complexity index is 777. The van der Waals surface area contributed by atoms with Crippen molar-refractivity contribution < 1.29 is 9.15 Å². The summed E-state index contributed by atoms with van der Waals surface area (Å²) in [5, 5.41) is 7.58. The number of hydrogen-bond acceptors (Lipinski definition) is 5. The lowest BCUT2D eigenvalue weighted by atomic mass is 10.2. The summed E-state index contributed by atoms with van der Waals surface area (Å²) >= 11 is 5.12. The van der Waals surface area contributed by atoms with Gasteiger partial charge in [-0.2, -0.15) is 0 Å². The number of thiazole rings is 1. The normalized spacial score (nSPS) is 19.2. The van der Waals surface area contributed by atoms with Crippen molar-refractivity contribution in [3.63, 3.8) is 0 Å². The molecule has 0 amide bonds. The van der Waals surface area contributed by atoms with Gasteiger partial charge in [0.05, 0.1) is 19.3 Å². The van der Waals surface area contributed by atoms with E-state index in [2.05, 4.69) is 21.2 Å². The zero-order valence-corrected chi connectivity index (χ0v) is 13.5. The largest absolute Gasteiger partial charge is 0.454 e. The number of nitrogens with zero attached hydrogens (tertiary/aromatic N) is 1. The molecule has 3 aromatic rings. The van der Waals surface area contributed by atoms with Crippen LogP contribution in [-0.2, 0) is 4.74 Å². The Morgan fingerprint density at radius 2 is 2.29 bits per heavy atom. The molecule has 4 nitrogen and oxygen atoms in total. The van der Waals surface area contributed by atoms with Crippen LogP contribution in [-0.4, -0.2) is 24.7 Å². The third-order valence-corrected chi connectivity index (χ3v) is 4.92. The SMILES string of the molecule is Brc1ccc2oc(-c3csc(C4COCCN4)n3)cc2c1. The van der Waals surface area contributed by atoms with Crippen LogP contribution in [0.15, 0.2) is 38.5 Å². The second-order valence-corrected chi connectivity index (χ2v) is 6.75. The van der Waals surface area contributed by atoms with Crippen LogP contribution < -0.4 is 5.32 Å². The predicted molar refractivity (Wildman–Crippen MR) is 86.6 cm³/mol. The van der Waals surface area contributed by atoms with E-state index in [1.165, 1.54) is 0 Å². The van der Waals surface area contributed by atoms with Crippen molar-refractivity contribution in [1.29, 1.82) is 0 Å². The fraction of sp³-hybridized carbons (Fsp3) is 0.267. The van der Waals surface area contributed by atoms with Crippen LogP contribution >= 0.6 is 27.3 Å². The van der Waals surface area contributed by atoms with Gasteiger partial charge in [-0.05, 0) is 24.3 Å². The molecule has 3 heterocycles. The Hall–Kier alpha value is -1.21. The first-order valence-electron chi connectivity index (χ1n) is 6.75. The van der Waals surface area contributed by atoms with E-state index in [9.17, 15) is 0 Å². The first kappa shape index (κ1) is 13.5. The Labute approximate surface area is 134 Å². The molecule has 2 aromatic heterocycles. The molecule has 1 aliphatic heterocycles. The number of ether oxygens (including phenoxy) is 1. The number of furan rings is 1. The fourth-order valence-corrected chi connectivity index (χ4v) is 3.67. The Balaban J connectivity index is 1.67. The minimum Gasteiger partial charge on any atom is -0.454 e. The van der Waals surface area contributed by atoms with E-state index < -0.39 is 0 Å². The van der Waals surface area contributed by atoms with E-state index in [4.69, 9.17) is 14.1 Å². The molecule has 108 valence electrons. The van der Waals surface area contributed by atoms with Crippen LogP contribution in [0.2, 0.25) is 0 Å². The van der Waals surface area contributed by atoms with Crippen LogP contribution in [0.25, 0.3) is 22.4 Å². The maximum atomic E-state index is 5.88. The van der Waals surface area contributed by atoms with Crippen LogP contribution in [0.3, 0.4) is 0 Å². The Kier molecular flexibility index (Phi) is 3.54. The molecule has 0 saturated carbocycles. The Morgan fingerprint density at radius 1 is 1.33 bits per heavy atom. The van der Waals surface area contributed by atoms with Gasteiger partial charge in [-0.3, -0.25) is 0 Å². The predicted octanol–water partition coefficient (Wildman–Crippen LogP) is 3.98. The summed E-state index contributed by atoms with van der Waals surface area (Å²) in [6, 6.07) is 8.21. The molecular formula is C15H13BrN2O2S. The van der Waals surface area contributed by atoms with E-state index in [0.717, 1.165) is 45.1 Å². The van der Waals surface area contributed by atoms with Crippen molar-refractivity contribution in [3.05, 3.63) is 39.1 Å². The van der Waals surface area contributed by atoms with Gasteiger partial charge < -0.3 is 14.5 Å². The van der Waals surface area contributed by atoms with Crippen molar-refractivity contribution >= 4 is 38.2 Å². The van der Waals surface area contributed by atoms with Gasteiger partial charge in [0, 0.05) is 21.8 Å². The quantitative estimate of drug-likeness (QED) is 0.746. The van der Waals surface area contributed by atoms with Gasteiger partial charge >= 0.3 is 0 Å². The number of hydrogen-bond donors (Lipinski definition) is 1. The highest BCUT2D eigenvalue weighted by Crippen LogP contribution is 2.31. The first-order valence-corrected chi connectivity index (χ1v) is 8.43. The van der Waals surface area contributed by atoms with Gasteiger partial charge in [-0.15, -0.1) is 11.3 Å². The topological polar surface area (TPSA) is 47.3 Å². The average Bonchev–Trinajstić information content (AvgIpc) is 3.14. The second-order valence-electron chi connectivity index (χ2n) is 4.95. The zero-order valence-electron chi connectivity index (χ0n) is 11.1. The third kappa shape index (κ3) is 2.64. The molecule has 1 saturated heterocycles. The third-order valence-electron chi connectivity index (χ3n) is 3.47. The monoisotopic (exact) mass is 364 g/mol. The summed E-state index contributed by atoms with van der Waals surface area (Å²) in [6.45, 7) is 2.32. The van der Waals surface area contributed by atoms with Gasteiger partial charge in [0.15, 0.2) is 5.76 Å². The van der Waals surface area contributed by atoms with Gasteiger partial charge in [0.2, 0.25) is 0 Å². The number of fused-ring (bicyclic) bond motifs is 1.